The Hall–Kier alpha value is -1.40. The SMILES string of the molecule is CC(Nc1c(F)c(F)cc(F)c1F)C(F)F. The summed E-state index contributed by atoms with van der Waals surface area (Å²) in [6.07, 6.45) is -2.93. The zero-order valence-corrected chi connectivity index (χ0v) is 8.00. The van der Waals surface area contributed by atoms with Crippen molar-refractivity contribution in [2.45, 2.75) is 19.4 Å². The van der Waals surface area contributed by atoms with E-state index in [0.717, 1.165) is 6.92 Å². The summed E-state index contributed by atoms with van der Waals surface area (Å²) in [4.78, 5) is 0. The molecule has 0 aliphatic rings. The van der Waals surface area contributed by atoms with Crippen molar-refractivity contribution in [2.24, 2.45) is 0 Å². The van der Waals surface area contributed by atoms with Gasteiger partial charge in [0.2, 0.25) is 0 Å². The summed E-state index contributed by atoms with van der Waals surface area (Å²) in [5, 5.41) is 1.68. The lowest BCUT2D eigenvalue weighted by Gasteiger charge is -2.15. The molecule has 0 bridgehead atoms. The molecule has 1 aromatic carbocycles. The van der Waals surface area contributed by atoms with Crippen molar-refractivity contribution in [2.75, 3.05) is 5.32 Å². The lowest BCUT2D eigenvalue weighted by atomic mass is 10.2. The normalized spacial score (nSPS) is 13.0. The lowest BCUT2D eigenvalue weighted by Crippen LogP contribution is -2.25. The van der Waals surface area contributed by atoms with Gasteiger partial charge in [-0.05, 0) is 6.92 Å². The molecule has 0 aliphatic heterocycles. The summed E-state index contributed by atoms with van der Waals surface area (Å²) in [6.45, 7) is 0.923. The van der Waals surface area contributed by atoms with E-state index >= 15 is 0 Å². The van der Waals surface area contributed by atoms with Crippen LogP contribution in [-0.4, -0.2) is 12.5 Å². The van der Waals surface area contributed by atoms with Crippen molar-refractivity contribution >= 4 is 5.69 Å². The molecule has 1 rings (SSSR count). The third-order valence-corrected chi connectivity index (χ3v) is 1.86. The maximum absolute atomic E-state index is 13.0. The monoisotopic (exact) mass is 243 g/mol. The third kappa shape index (κ3) is 2.40. The van der Waals surface area contributed by atoms with Crippen LogP contribution in [0, 0.1) is 23.3 Å². The molecule has 0 aromatic heterocycles. The molecule has 0 aliphatic carbocycles. The average molecular weight is 243 g/mol. The van der Waals surface area contributed by atoms with Gasteiger partial charge in [0.1, 0.15) is 5.69 Å². The van der Waals surface area contributed by atoms with Crippen molar-refractivity contribution in [1.29, 1.82) is 0 Å². The van der Waals surface area contributed by atoms with E-state index in [1.54, 1.807) is 5.32 Å². The van der Waals surface area contributed by atoms with Crippen molar-refractivity contribution in [3.8, 4) is 0 Å². The summed E-state index contributed by atoms with van der Waals surface area (Å²) < 4.78 is 75.4. The quantitative estimate of drug-likeness (QED) is 0.634. The Bertz CT molecular complexity index is 366. The largest absolute Gasteiger partial charge is 0.372 e. The molecule has 0 saturated heterocycles. The van der Waals surface area contributed by atoms with Crippen LogP contribution in [0.4, 0.5) is 32.0 Å². The van der Waals surface area contributed by atoms with Crippen molar-refractivity contribution in [3.05, 3.63) is 29.3 Å². The fraction of sp³-hybridized carbons (Fsp3) is 0.333. The first-order chi connectivity index (χ1) is 7.34. The summed E-state index contributed by atoms with van der Waals surface area (Å²) in [5.41, 5.74) is -1.23. The smallest absolute Gasteiger partial charge is 0.258 e. The van der Waals surface area contributed by atoms with Crippen LogP contribution < -0.4 is 5.32 Å². The van der Waals surface area contributed by atoms with Crippen LogP contribution >= 0.6 is 0 Å². The second-order valence-electron chi connectivity index (χ2n) is 3.11. The Morgan fingerprint density at radius 1 is 1.00 bits per heavy atom. The summed E-state index contributed by atoms with van der Waals surface area (Å²) >= 11 is 0. The first kappa shape index (κ1) is 12.7. The Balaban J connectivity index is 3.12. The number of nitrogens with one attached hydrogen (secondary N) is 1. The highest BCUT2D eigenvalue weighted by atomic mass is 19.3. The Kier molecular flexibility index (Phi) is 3.66. The molecule has 1 unspecified atom stereocenters. The molecule has 0 saturated carbocycles. The first-order valence-corrected chi connectivity index (χ1v) is 4.22. The van der Waals surface area contributed by atoms with E-state index < -0.39 is 41.4 Å². The van der Waals surface area contributed by atoms with E-state index in [2.05, 4.69) is 0 Å². The van der Waals surface area contributed by atoms with Gasteiger partial charge in [-0.2, -0.15) is 0 Å². The van der Waals surface area contributed by atoms with Gasteiger partial charge in [-0.1, -0.05) is 0 Å². The molecule has 90 valence electrons. The van der Waals surface area contributed by atoms with Crippen molar-refractivity contribution in [1.82, 2.24) is 0 Å². The van der Waals surface area contributed by atoms with Gasteiger partial charge < -0.3 is 5.32 Å². The fourth-order valence-electron chi connectivity index (χ4n) is 0.991. The fourth-order valence-corrected chi connectivity index (χ4v) is 0.991. The summed E-state index contributed by atoms with van der Waals surface area (Å²) in [5.74, 6) is -6.76. The van der Waals surface area contributed by atoms with E-state index in [1.807, 2.05) is 0 Å². The second kappa shape index (κ2) is 4.63. The number of rotatable bonds is 3. The highest BCUT2D eigenvalue weighted by molar-refractivity contribution is 5.48. The minimum Gasteiger partial charge on any atom is -0.372 e. The van der Waals surface area contributed by atoms with E-state index in [4.69, 9.17) is 0 Å². The first-order valence-electron chi connectivity index (χ1n) is 4.22. The van der Waals surface area contributed by atoms with Gasteiger partial charge >= 0.3 is 0 Å². The van der Waals surface area contributed by atoms with Crippen molar-refractivity contribution in [3.63, 3.8) is 0 Å². The van der Waals surface area contributed by atoms with Crippen LogP contribution in [0.25, 0.3) is 0 Å². The molecule has 1 atom stereocenters. The Morgan fingerprint density at radius 3 is 1.81 bits per heavy atom. The van der Waals surface area contributed by atoms with E-state index in [0.29, 0.717) is 0 Å². The lowest BCUT2D eigenvalue weighted by molar-refractivity contribution is 0.130. The van der Waals surface area contributed by atoms with Crippen LogP contribution in [-0.2, 0) is 0 Å². The average Bonchev–Trinajstić information content (AvgIpc) is 2.21. The van der Waals surface area contributed by atoms with E-state index in [9.17, 15) is 26.3 Å². The van der Waals surface area contributed by atoms with Gasteiger partial charge in [-0.25, -0.2) is 26.3 Å². The van der Waals surface area contributed by atoms with Crippen molar-refractivity contribution < 1.29 is 26.3 Å². The van der Waals surface area contributed by atoms with Gasteiger partial charge in [0.05, 0.1) is 6.04 Å². The zero-order valence-electron chi connectivity index (χ0n) is 8.00. The number of hydrogen-bond acceptors (Lipinski definition) is 1. The molecule has 0 heterocycles. The molecular weight excluding hydrogens is 236 g/mol. The minimum atomic E-state index is -2.93. The molecule has 1 N–H and O–H groups in total. The summed E-state index contributed by atoms with van der Waals surface area (Å²) in [7, 11) is 0. The standard InChI is InChI=1S/C9H7F6N/c1-3(9(14)15)16-8-6(12)4(10)2-5(11)7(8)13/h2-3,9,16H,1H3. The molecule has 0 fully saturated rings. The van der Waals surface area contributed by atoms with Gasteiger partial charge in [-0.3, -0.25) is 0 Å². The van der Waals surface area contributed by atoms with Crippen LogP contribution in [0.2, 0.25) is 0 Å². The third-order valence-electron chi connectivity index (χ3n) is 1.86. The molecular formula is C9H7F6N. The number of hydrogen-bond donors (Lipinski definition) is 1. The van der Waals surface area contributed by atoms with Crippen LogP contribution in [0.3, 0.4) is 0 Å². The van der Waals surface area contributed by atoms with Gasteiger partial charge in [0, 0.05) is 6.07 Å². The molecule has 0 spiro atoms. The highest BCUT2D eigenvalue weighted by Crippen LogP contribution is 2.25. The maximum atomic E-state index is 13.0. The number of anilines is 1. The minimum absolute atomic E-state index is 0.00286. The maximum Gasteiger partial charge on any atom is 0.258 e. The predicted octanol–water partition coefficient (Wildman–Crippen LogP) is 3.31. The molecule has 1 aromatic rings. The zero-order chi connectivity index (χ0) is 12.5. The molecule has 1 nitrogen and oxygen atoms in total. The van der Waals surface area contributed by atoms with Gasteiger partial charge in [0.25, 0.3) is 6.43 Å². The highest BCUT2D eigenvalue weighted by Gasteiger charge is 2.23. The predicted molar refractivity (Wildman–Crippen MR) is 45.4 cm³/mol. The Labute approximate surface area is 87.1 Å². The molecule has 16 heavy (non-hydrogen) atoms. The molecule has 0 amide bonds. The van der Waals surface area contributed by atoms with Gasteiger partial charge in [0.15, 0.2) is 23.3 Å². The number of benzene rings is 1. The Morgan fingerprint density at radius 2 is 1.44 bits per heavy atom. The molecule has 0 radical (unpaired) electrons. The number of alkyl halides is 2. The second-order valence-corrected chi connectivity index (χ2v) is 3.11. The van der Waals surface area contributed by atoms with Gasteiger partial charge in [-0.15, -0.1) is 0 Å². The van der Waals surface area contributed by atoms with E-state index in [1.165, 1.54) is 0 Å². The van der Waals surface area contributed by atoms with Crippen LogP contribution in [0.1, 0.15) is 6.92 Å². The molecule has 7 heteroatoms. The van der Waals surface area contributed by atoms with Crippen LogP contribution in [0.15, 0.2) is 6.07 Å². The van der Waals surface area contributed by atoms with E-state index in [-0.39, 0.29) is 6.07 Å². The number of halogens is 6. The topological polar surface area (TPSA) is 12.0 Å². The summed E-state index contributed by atoms with van der Waals surface area (Å²) in [6, 6.07) is -1.63. The van der Waals surface area contributed by atoms with Crippen LogP contribution in [0.5, 0.6) is 0 Å².